The van der Waals surface area contributed by atoms with E-state index in [1.165, 1.54) is 5.56 Å². The molecule has 0 saturated heterocycles. The summed E-state index contributed by atoms with van der Waals surface area (Å²) in [5.41, 5.74) is 4.40. The summed E-state index contributed by atoms with van der Waals surface area (Å²) in [4.78, 5) is 16.0. The fraction of sp³-hybridized carbons (Fsp3) is 0.0526. The third-order valence-corrected chi connectivity index (χ3v) is 4.13. The van der Waals surface area contributed by atoms with Crippen LogP contribution in [0.4, 0.5) is 17.1 Å². The first-order chi connectivity index (χ1) is 11.6. The number of aromatic nitrogens is 1. The van der Waals surface area contributed by atoms with Gasteiger partial charge < -0.3 is 10.6 Å². The second kappa shape index (κ2) is 7.27. The molecule has 4 nitrogen and oxygen atoms in total. The molecule has 0 atom stereocenters. The number of halogens is 1. The number of carbonyl (C=O) groups excluding carboxylic acids is 1. The maximum Gasteiger partial charge on any atom is 0.257 e. The van der Waals surface area contributed by atoms with Gasteiger partial charge in [0, 0.05) is 28.2 Å². The van der Waals surface area contributed by atoms with E-state index in [0.29, 0.717) is 5.56 Å². The Bertz CT molecular complexity index is 848. The van der Waals surface area contributed by atoms with Crippen molar-refractivity contribution in [3.05, 3.63) is 82.6 Å². The van der Waals surface area contributed by atoms with Gasteiger partial charge in [0.1, 0.15) is 0 Å². The molecule has 0 aliphatic heterocycles. The van der Waals surface area contributed by atoms with E-state index in [9.17, 15) is 4.79 Å². The lowest BCUT2D eigenvalue weighted by molar-refractivity contribution is 0.102. The van der Waals surface area contributed by atoms with Crippen molar-refractivity contribution in [3.8, 4) is 0 Å². The predicted molar refractivity (Wildman–Crippen MR) is 101 cm³/mol. The Morgan fingerprint density at radius 1 is 1.04 bits per heavy atom. The van der Waals surface area contributed by atoms with Gasteiger partial charge in [0.15, 0.2) is 0 Å². The van der Waals surface area contributed by atoms with Gasteiger partial charge >= 0.3 is 0 Å². The van der Waals surface area contributed by atoms with Crippen molar-refractivity contribution in [2.45, 2.75) is 6.92 Å². The summed E-state index contributed by atoms with van der Waals surface area (Å²) in [5.74, 6) is -0.176. The molecule has 2 aromatic carbocycles. The highest BCUT2D eigenvalue weighted by molar-refractivity contribution is 9.10. The minimum absolute atomic E-state index is 0.176. The maximum absolute atomic E-state index is 12.1. The van der Waals surface area contributed by atoms with Gasteiger partial charge in [-0.1, -0.05) is 6.07 Å². The van der Waals surface area contributed by atoms with Gasteiger partial charge in [0.2, 0.25) is 0 Å². The first-order valence-electron chi connectivity index (χ1n) is 7.46. The summed E-state index contributed by atoms with van der Waals surface area (Å²) < 4.78 is 1.01. The summed E-state index contributed by atoms with van der Waals surface area (Å²) in [6.45, 7) is 2.05. The predicted octanol–water partition coefficient (Wildman–Crippen LogP) is 5.15. The van der Waals surface area contributed by atoms with Crippen LogP contribution in [0.5, 0.6) is 0 Å². The zero-order valence-electron chi connectivity index (χ0n) is 13.1. The molecule has 0 fully saturated rings. The van der Waals surface area contributed by atoms with Crippen molar-refractivity contribution >= 4 is 38.9 Å². The highest BCUT2D eigenvalue weighted by atomic mass is 79.9. The van der Waals surface area contributed by atoms with E-state index in [2.05, 4.69) is 43.7 Å². The molecule has 5 heteroatoms. The second-order valence-electron chi connectivity index (χ2n) is 5.38. The average Bonchev–Trinajstić information content (AvgIpc) is 2.60. The van der Waals surface area contributed by atoms with E-state index >= 15 is 0 Å². The largest absolute Gasteiger partial charge is 0.355 e. The second-order valence-corrected chi connectivity index (χ2v) is 6.24. The molecular formula is C19H16BrN3O. The van der Waals surface area contributed by atoms with Crippen molar-refractivity contribution in [2.24, 2.45) is 0 Å². The minimum atomic E-state index is -0.176. The molecule has 24 heavy (non-hydrogen) atoms. The molecular weight excluding hydrogens is 366 g/mol. The van der Waals surface area contributed by atoms with E-state index in [0.717, 1.165) is 21.5 Å². The van der Waals surface area contributed by atoms with E-state index in [4.69, 9.17) is 0 Å². The molecule has 3 rings (SSSR count). The first-order valence-corrected chi connectivity index (χ1v) is 8.26. The number of anilines is 3. The van der Waals surface area contributed by atoms with Crippen LogP contribution >= 0.6 is 15.9 Å². The van der Waals surface area contributed by atoms with Crippen LogP contribution in [-0.4, -0.2) is 10.9 Å². The Labute approximate surface area is 149 Å². The molecule has 0 spiro atoms. The summed E-state index contributed by atoms with van der Waals surface area (Å²) in [7, 11) is 0. The Balaban J connectivity index is 1.68. The summed E-state index contributed by atoms with van der Waals surface area (Å²) in [5, 5.41) is 6.19. The van der Waals surface area contributed by atoms with Crippen LogP contribution in [0.15, 0.2) is 71.5 Å². The van der Waals surface area contributed by atoms with Crippen LogP contribution in [0.1, 0.15) is 15.9 Å². The SMILES string of the molecule is Cc1ccc(Nc2ccc(NC(=O)c3cccnc3)cc2)c(Br)c1. The lowest BCUT2D eigenvalue weighted by Crippen LogP contribution is -2.11. The van der Waals surface area contributed by atoms with Gasteiger partial charge in [-0.2, -0.15) is 0 Å². The van der Waals surface area contributed by atoms with Gasteiger partial charge in [-0.3, -0.25) is 9.78 Å². The zero-order chi connectivity index (χ0) is 16.9. The van der Waals surface area contributed by atoms with E-state index in [1.54, 1.807) is 24.5 Å². The Morgan fingerprint density at radius 2 is 1.79 bits per heavy atom. The summed E-state index contributed by atoms with van der Waals surface area (Å²) in [6, 6.07) is 17.2. The number of rotatable bonds is 4. The number of pyridine rings is 1. The van der Waals surface area contributed by atoms with E-state index in [1.807, 2.05) is 37.3 Å². The fourth-order valence-corrected chi connectivity index (χ4v) is 2.81. The average molecular weight is 382 g/mol. The minimum Gasteiger partial charge on any atom is -0.355 e. The molecule has 3 aromatic rings. The highest BCUT2D eigenvalue weighted by Gasteiger charge is 2.06. The number of hydrogen-bond donors (Lipinski definition) is 2. The summed E-state index contributed by atoms with van der Waals surface area (Å²) in [6.07, 6.45) is 3.18. The van der Waals surface area contributed by atoms with Gasteiger partial charge in [-0.25, -0.2) is 0 Å². The third-order valence-electron chi connectivity index (χ3n) is 3.47. The van der Waals surface area contributed by atoms with Crippen LogP contribution in [0, 0.1) is 6.92 Å². The lowest BCUT2D eigenvalue weighted by atomic mass is 10.2. The quantitative estimate of drug-likeness (QED) is 0.656. The number of carbonyl (C=O) groups is 1. The lowest BCUT2D eigenvalue weighted by Gasteiger charge is -2.10. The number of aryl methyl sites for hydroxylation is 1. The van der Waals surface area contributed by atoms with Crippen LogP contribution in [0.25, 0.3) is 0 Å². The van der Waals surface area contributed by atoms with E-state index < -0.39 is 0 Å². The fourth-order valence-electron chi connectivity index (χ4n) is 2.21. The molecule has 0 bridgehead atoms. The van der Waals surface area contributed by atoms with Crippen LogP contribution < -0.4 is 10.6 Å². The van der Waals surface area contributed by atoms with E-state index in [-0.39, 0.29) is 5.91 Å². The van der Waals surface area contributed by atoms with Crippen LogP contribution in [-0.2, 0) is 0 Å². The third kappa shape index (κ3) is 4.00. The smallest absolute Gasteiger partial charge is 0.257 e. The van der Waals surface area contributed by atoms with Gasteiger partial charge in [0.05, 0.1) is 11.3 Å². The zero-order valence-corrected chi connectivity index (χ0v) is 14.7. The van der Waals surface area contributed by atoms with Crippen LogP contribution in [0.2, 0.25) is 0 Å². The van der Waals surface area contributed by atoms with Crippen molar-refractivity contribution in [2.75, 3.05) is 10.6 Å². The van der Waals surface area contributed by atoms with Gasteiger partial charge in [-0.15, -0.1) is 0 Å². The first kappa shape index (κ1) is 16.2. The molecule has 1 amide bonds. The Hall–Kier alpha value is -2.66. The molecule has 0 aliphatic rings. The van der Waals surface area contributed by atoms with Gasteiger partial charge in [0.25, 0.3) is 5.91 Å². The molecule has 0 unspecified atom stereocenters. The monoisotopic (exact) mass is 381 g/mol. The van der Waals surface area contributed by atoms with Crippen molar-refractivity contribution in [1.82, 2.24) is 4.98 Å². The maximum atomic E-state index is 12.1. The number of nitrogens with zero attached hydrogens (tertiary/aromatic N) is 1. The molecule has 0 radical (unpaired) electrons. The van der Waals surface area contributed by atoms with Crippen molar-refractivity contribution in [3.63, 3.8) is 0 Å². The number of amides is 1. The molecule has 120 valence electrons. The highest BCUT2D eigenvalue weighted by Crippen LogP contribution is 2.27. The van der Waals surface area contributed by atoms with Gasteiger partial charge in [-0.05, 0) is 76.9 Å². The molecule has 2 N–H and O–H groups in total. The topological polar surface area (TPSA) is 54.0 Å². The normalized spacial score (nSPS) is 10.2. The molecule has 1 heterocycles. The molecule has 1 aromatic heterocycles. The van der Waals surface area contributed by atoms with Crippen molar-refractivity contribution < 1.29 is 4.79 Å². The summed E-state index contributed by atoms with van der Waals surface area (Å²) >= 11 is 3.55. The van der Waals surface area contributed by atoms with Crippen LogP contribution in [0.3, 0.4) is 0 Å². The Morgan fingerprint density at radius 3 is 2.46 bits per heavy atom. The number of nitrogens with one attached hydrogen (secondary N) is 2. The molecule has 0 aliphatic carbocycles. The number of benzene rings is 2. The Kier molecular flexibility index (Phi) is 4.91. The molecule has 0 saturated carbocycles. The van der Waals surface area contributed by atoms with Crippen molar-refractivity contribution in [1.29, 1.82) is 0 Å². The number of hydrogen-bond acceptors (Lipinski definition) is 3. The standard InChI is InChI=1S/C19H16BrN3O/c1-13-4-9-18(17(20)11-13)22-15-5-7-16(8-6-15)23-19(24)14-3-2-10-21-12-14/h2-12,22H,1H3,(H,23,24).